The molecular weight excluding hydrogens is 420 g/mol. The van der Waals surface area contributed by atoms with E-state index in [1.165, 1.54) is 37.7 Å². The maximum atomic E-state index is 13.1. The number of ether oxygens (including phenoxy) is 2. The number of rotatable bonds is 5. The molecule has 2 aromatic carbocycles. The van der Waals surface area contributed by atoms with Crippen LogP contribution in [0.15, 0.2) is 70.6 Å². The van der Waals surface area contributed by atoms with Gasteiger partial charge in [-0.15, -0.1) is 23.5 Å². The van der Waals surface area contributed by atoms with Gasteiger partial charge in [0.15, 0.2) is 0 Å². The molecule has 2 aromatic rings. The van der Waals surface area contributed by atoms with E-state index in [9.17, 15) is 9.59 Å². The minimum atomic E-state index is -1.51. The fourth-order valence-corrected chi connectivity index (χ4v) is 6.17. The molecule has 0 spiro atoms. The molecule has 0 saturated heterocycles. The van der Waals surface area contributed by atoms with Gasteiger partial charge in [0.05, 0.1) is 24.3 Å². The van der Waals surface area contributed by atoms with Gasteiger partial charge < -0.3 is 9.47 Å². The Morgan fingerprint density at radius 3 is 1.43 bits per heavy atom. The van der Waals surface area contributed by atoms with E-state index in [1.807, 2.05) is 60.7 Å². The van der Waals surface area contributed by atoms with Crippen molar-refractivity contribution in [2.75, 3.05) is 25.7 Å². The lowest BCUT2D eigenvalue weighted by Crippen LogP contribution is -2.63. The number of thioether (sulfide) groups is 2. The largest absolute Gasteiger partial charge is 0.467 e. The van der Waals surface area contributed by atoms with Crippen LogP contribution in [0, 0.1) is 0 Å². The zero-order valence-electron chi connectivity index (χ0n) is 16.5. The molecule has 0 N–H and O–H groups in total. The van der Waals surface area contributed by atoms with Crippen LogP contribution in [0.3, 0.4) is 0 Å². The fraction of sp³-hybridized carbons (Fsp3) is 0.273. The van der Waals surface area contributed by atoms with E-state index in [2.05, 4.69) is 0 Å². The first-order chi connectivity index (χ1) is 14.6. The van der Waals surface area contributed by atoms with E-state index in [0.29, 0.717) is 10.1 Å². The molecule has 30 heavy (non-hydrogen) atoms. The normalized spacial score (nSPS) is 25.4. The number of esters is 2. The van der Waals surface area contributed by atoms with Crippen molar-refractivity contribution in [2.45, 2.75) is 11.1 Å². The van der Waals surface area contributed by atoms with Gasteiger partial charge in [-0.3, -0.25) is 9.98 Å². The predicted molar refractivity (Wildman–Crippen MR) is 120 cm³/mol. The van der Waals surface area contributed by atoms with Crippen LogP contribution in [-0.2, 0) is 19.1 Å². The summed E-state index contributed by atoms with van der Waals surface area (Å²) in [5.74, 6) is -0.703. The molecule has 0 bridgehead atoms. The number of benzene rings is 2. The number of hydrogen-bond acceptors (Lipinski definition) is 8. The van der Waals surface area contributed by atoms with Gasteiger partial charge in [-0.05, 0) is 0 Å². The lowest BCUT2D eigenvalue weighted by Gasteiger charge is -2.36. The van der Waals surface area contributed by atoms with Crippen LogP contribution in [0.2, 0.25) is 0 Å². The second kappa shape index (κ2) is 8.28. The summed E-state index contributed by atoms with van der Waals surface area (Å²) in [7, 11) is 2.61. The quantitative estimate of drug-likeness (QED) is 0.665. The third-order valence-electron chi connectivity index (χ3n) is 5.19. The van der Waals surface area contributed by atoms with Crippen molar-refractivity contribution >= 4 is 45.5 Å². The molecule has 0 aliphatic carbocycles. The third-order valence-corrected chi connectivity index (χ3v) is 7.52. The van der Waals surface area contributed by atoms with Gasteiger partial charge in [0.25, 0.3) is 0 Å². The SMILES string of the molecule is COC(=O)[C@]1([C@@]2(C(=O)OC)CSC(c3ccccc3)=N2)CSC(c2ccccc2)=N1. The molecule has 4 rings (SSSR count). The molecule has 2 aliphatic heterocycles. The average molecular weight is 441 g/mol. The number of carbonyl (C=O) groups is 2. The zero-order chi connectivity index (χ0) is 21.2. The highest BCUT2D eigenvalue weighted by Crippen LogP contribution is 2.47. The Hall–Kier alpha value is -2.58. The summed E-state index contributed by atoms with van der Waals surface area (Å²) in [6.07, 6.45) is 0. The predicted octanol–water partition coefficient (Wildman–Crippen LogP) is 3.20. The van der Waals surface area contributed by atoms with Gasteiger partial charge in [-0.1, -0.05) is 60.7 Å². The van der Waals surface area contributed by atoms with Gasteiger partial charge in [0, 0.05) is 22.6 Å². The molecule has 0 unspecified atom stereocenters. The minimum absolute atomic E-state index is 0.241. The first kappa shape index (κ1) is 20.7. The Labute approximate surface area is 183 Å². The van der Waals surface area contributed by atoms with Crippen LogP contribution >= 0.6 is 23.5 Å². The van der Waals surface area contributed by atoms with Crippen LogP contribution in [-0.4, -0.2) is 58.8 Å². The van der Waals surface area contributed by atoms with Gasteiger partial charge in [-0.2, -0.15) is 0 Å². The first-order valence-electron chi connectivity index (χ1n) is 9.29. The van der Waals surface area contributed by atoms with Gasteiger partial charge >= 0.3 is 11.9 Å². The van der Waals surface area contributed by atoms with Crippen molar-refractivity contribution in [1.82, 2.24) is 0 Å². The fourth-order valence-electron chi connectivity index (χ4n) is 3.59. The molecule has 154 valence electrons. The molecular formula is C22H20N2O4S2. The minimum Gasteiger partial charge on any atom is -0.467 e. The Bertz CT molecular complexity index is 942. The van der Waals surface area contributed by atoms with E-state index in [-0.39, 0.29) is 11.5 Å². The van der Waals surface area contributed by atoms with E-state index >= 15 is 0 Å². The summed E-state index contributed by atoms with van der Waals surface area (Å²) >= 11 is 2.84. The van der Waals surface area contributed by atoms with E-state index in [1.54, 1.807) is 0 Å². The topological polar surface area (TPSA) is 77.3 Å². The van der Waals surface area contributed by atoms with Crippen molar-refractivity contribution in [2.24, 2.45) is 9.98 Å². The second-order valence-electron chi connectivity index (χ2n) is 6.85. The molecule has 0 fully saturated rings. The zero-order valence-corrected chi connectivity index (χ0v) is 18.2. The monoisotopic (exact) mass is 440 g/mol. The Kier molecular flexibility index (Phi) is 5.71. The summed E-state index contributed by atoms with van der Waals surface area (Å²) in [5.41, 5.74) is -1.25. The molecule has 0 amide bonds. The van der Waals surface area contributed by atoms with Crippen LogP contribution < -0.4 is 0 Å². The number of hydrogen-bond donors (Lipinski definition) is 0. The van der Waals surface area contributed by atoms with Gasteiger partial charge in [-0.25, -0.2) is 9.59 Å². The summed E-state index contributed by atoms with van der Waals surface area (Å²) in [4.78, 5) is 35.9. The summed E-state index contributed by atoms with van der Waals surface area (Å²) < 4.78 is 10.3. The van der Waals surface area contributed by atoms with Crippen molar-refractivity contribution in [3.8, 4) is 0 Å². The third kappa shape index (κ3) is 3.24. The summed E-state index contributed by atoms with van der Waals surface area (Å²) in [5, 5.41) is 1.36. The number of methoxy groups -OCH3 is 2. The smallest absolute Gasteiger partial charge is 0.337 e. The number of carbonyl (C=O) groups excluding carboxylic acids is 2. The Morgan fingerprint density at radius 1 is 0.733 bits per heavy atom. The van der Waals surface area contributed by atoms with Crippen molar-refractivity contribution in [3.05, 3.63) is 71.8 Å². The van der Waals surface area contributed by atoms with E-state index < -0.39 is 23.0 Å². The van der Waals surface area contributed by atoms with Crippen molar-refractivity contribution in [3.63, 3.8) is 0 Å². The molecule has 2 heterocycles. The van der Waals surface area contributed by atoms with E-state index in [0.717, 1.165) is 11.1 Å². The molecule has 8 heteroatoms. The second-order valence-corrected chi connectivity index (χ2v) is 8.78. The maximum Gasteiger partial charge on any atom is 0.337 e. The highest BCUT2D eigenvalue weighted by Gasteiger charge is 2.67. The average Bonchev–Trinajstić information content (AvgIpc) is 3.46. The summed E-state index contributed by atoms with van der Waals surface area (Å²) in [6, 6.07) is 19.1. The lowest BCUT2D eigenvalue weighted by molar-refractivity contribution is -0.158. The molecule has 2 atom stereocenters. The van der Waals surface area contributed by atoms with Crippen LogP contribution in [0.1, 0.15) is 11.1 Å². The highest BCUT2D eigenvalue weighted by atomic mass is 32.2. The summed E-state index contributed by atoms with van der Waals surface area (Å²) in [6.45, 7) is 0. The standard InChI is InChI=1S/C22H20N2O4S2/c1-27-19(25)21(13-29-17(23-21)15-9-5-3-6-10-15)22(20(26)28-2)14-30-18(24-22)16-11-7-4-8-12-16/h3-12H,13-14H2,1-2H3/t21-,22-/m0/s1. The maximum absolute atomic E-state index is 13.1. The Balaban J connectivity index is 1.88. The molecule has 0 radical (unpaired) electrons. The Morgan fingerprint density at radius 2 is 1.10 bits per heavy atom. The van der Waals surface area contributed by atoms with Crippen LogP contribution in [0.25, 0.3) is 0 Å². The number of aliphatic imine (C=N–C) groups is 2. The molecule has 6 nitrogen and oxygen atoms in total. The van der Waals surface area contributed by atoms with Crippen LogP contribution in [0.4, 0.5) is 0 Å². The van der Waals surface area contributed by atoms with Crippen LogP contribution in [0.5, 0.6) is 0 Å². The van der Waals surface area contributed by atoms with E-state index in [4.69, 9.17) is 19.5 Å². The van der Waals surface area contributed by atoms with Crippen molar-refractivity contribution in [1.29, 1.82) is 0 Å². The first-order valence-corrected chi connectivity index (χ1v) is 11.3. The molecule has 0 saturated carbocycles. The van der Waals surface area contributed by atoms with Crippen molar-refractivity contribution < 1.29 is 19.1 Å². The number of nitrogens with zero attached hydrogens (tertiary/aromatic N) is 2. The van der Waals surface area contributed by atoms with Gasteiger partial charge in [0.1, 0.15) is 0 Å². The molecule has 0 aromatic heterocycles. The molecule has 2 aliphatic rings. The lowest BCUT2D eigenvalue weighted by atomic mass is 9.79. The van der Waals surface area contributed by atoms with Gasteiger partial charge in [0.2, 0.25) is 11.1 Å². The highest BCUT2D eigenvalue weighted by molar-refractivity contribution is 8.15.